The van der Waals surface area contributed by atoms with Gasteiger partial charge in [0.2, 0.25) is 0 Å². The first-order valence-corrected chi connectivity index (χ1v) is 20.0. The van der Waals surface area contributed by atoms with Crippen LogP contribution >= 0.6 is 11.3 Å². The van der Waals surface area contributed by atoms with Gasteiger partial charge in [-0.3, -0.25) is 0 Å². The molecule has 0 saturated carbocycles. The second kappa shape index (κ2) is 13.8. The standard InChI is InChI=1S/C53H33N3S/c1-3-13-34(14-4-1)36-25-27-38(28-26-36)51-54-52(45-24-12-18-37-17-7-8-21-42(37)45)56-53(55-51)46-33-49-50(44-23-10-9-22-43(44)46)47-32-41(29-30-48(47)57-49)40-20-11-19-39(31-40)35-15-5-2-6-16-35/h1-33H. The monoisotopic (exact) mass is 743 g/mol. The van der Waals surface area contributed by atoms with Crippen molar-refractivity contribution in [3.63, 3.8) is 0 Å². The Hall–Kier alpha value is -7.27. The Morgan fingerprint density at radius 3 is 1.56 bits per heavy atom. The largest absolute Gasteiger partial charge is 0.208 e. The van der Waals surface area contributed by atoms with Gasteiger partial charge < -0.3 is 0 Å². The fraction of sp³-hybridized carbons (Fsp3) is 0. The second-order valence-corrected chi connectivity index (χ2v) is 15.5. The van der Waals surface area contributed by atoms with Gasteiger partial charge in [0.05, 0.1) is 0 Å². The SMILES string of the molecule is c1ccc(-c2ccc(-c3nc(-c4cccc5ccccc45)nc(-c4cc5sc6ccc(-c7cccc(-c8ccccc8)c7)cc6c5c5ccccc45)n3)cc2)cc1. The van der Waals surface area contributed by atoms with Crippen LogP contribution in [0.1, 0.15) is 0 Å². The van der Waals surface area contributed by atoms with E-state index >= 15 is 0 Å². The summed E-state index contributed by atoms with van der Waals surface area (Å²) in [7, 11) is 0. The number of nitrogens with zero attached hydrogens (tertiary/aromatic N) is 3. The summed E-state index contributed by atoms with van der Waals surface area (Å²) >= 11 is 1.82. The lowest BCUT2D eigenvalue weighted by atomic mass is 9.96. The van der Waals surface area contributed by atoms with E-state index in [2.05, 4.69) is 194 Å². The van der Waals surface area contributed by atoms with Crippen molar-refractivity contribution in [1.29, 1.82) is 0 Å². The van der Waals surface area contributed by atoms with E-state index in [4.69, 9.17) is 15.0 Å². The molecule has 0 bridgehead atoms. The zero-order valence-electron chi connectivity index (χ0n) is 30.8. The average Bonchev–Trinajstić information content (AvgIpc) is 3.67. The summed E-state index contributed by atoms with van der Waals surface area (Å²) < 4.78 is 2.45. The highest BCUT2D eigenvalue weighted by Gasteiger charge is 2.19. The minimum atomic E-state index is 0.644. The predicted octanol–water partition coefficient (Wildman–Crippen LogP) is 14.5. The van der Waals surface area contributed by atoms with Gasteiger partial charge in [-0.2, -0.15) is 0 Å². The molecule has 266 valence electrons. The fourth-order valence-corrected chi connectivity index (χ4v) is 9.27. The maximum absolute atomic E-state index is 5.29. The maximum atomic E-state index is 5.29. The summed E-state index contributed by atoms with van der Waals surface area (Å²) in [6.07, 6.45) is 0. The van der Waals surface area contributed by atoms with Gasteiger partial charge in [0.25, 0.3) is 0 Å². The molecule has 0 aliphatic carbocycles. The van der Waals surface area contributed by atoms with Crippen molar-refractivity contribution in [1.82, 2.24) is 15.0 Å². The van der Waals surface area contributed by atoms with Gasteiger partial charge in [0.1, 0.15) is 0 Å². The zero-order chi connectivity index (χ0) is 37.7. The van der Waals surface area contributed by atoms with Crippen LogP contribution in [-0.4, -0.2) is 15.0 Å². The third-order valence-electron chi connectivity index (χ3n) is 10.9. The molecule has 4 heteroatoms. The first kappa shape index (κ1) is 33.1. The first-order chi connectivity index (χ1) is 28.2. The Labute approximate surface area is 334 Å². The van der Waals surface area contributed by atoms with Gasteiger partial charge in [0.15, 0.2) is 17.5 Å². The molecule has 11 rings (SSSR count). The van der Waals surface area contributed by atoms with Crippen LogP contribution in [0.25, 0.3) is 109 Å². The van der Waals surface area contributed by atoms with Crippen molar-refractivity contribution in [3.8, 4) is 67.5 Å². The van der Waals surface area contributed by atoms with Gasteiger partial charge >= 0.3 is 0 Å². The van der Waals surface area contributed by atoms with Crippen LogP contribution in [0.2, 0.25) is 0 Å². The average molecular weight is 744 g/mol. The van der Waals surface area contributed by atoms with E-state index in [1.807, 2.05) is 17.4 Å². The molecule has 0 N–H and O–H groups in total. The van der Waals surface area contributed by atoms with Crippen LogP contribution in [0.4, 0.5) is 0 Å². The molecule has 0 saturated heterocycles. The van der Waals surface area contributed by atoms with E-state index in [9.17, 15) is 0 Å². The van der Waals surface area contributed by atoms with Crippen molar-refractivity contribution in [3.05, 3.63) is 200 Å². The molecule has 0 unspecified atom stereocenters. The lowest BCUT2D eigenvalue weighted by Gasteiger charge is -2.13. The van der Waals surface area contributed by atoms with Gasteiger partial charge in [-0.05, 0) is 79.2 Å². The number of hydrogen-bond donors (Lipinski definition) is 0. The highest BCUT2D eigenvalue weighted by atomic mass is 32.1. The normalized spacial score (nSPS) is 11.5. The Kier molecular flexibility index (Phi) is 8.01. The third kappa shape index (κ3) is 5.95. The second-order valence-electron chi connectivity index (χ2n) is 14.4. The zero-order valence-corrected chi connectivity index (χ0v) is 31.6. The minimum Gasteiger partial charge on any atom is -0.208 e. The third-order valence-corrected chi connectivity index (χ3v) is 12.1. The smallest absolute Gasteiger partial charge is 0.164 e. The molecule has 0 spiro atoms. The molecule has 2 aromatic heterocycles. The van der Waals surface area contributed by atoms with Gasteiger partial charge in [-0.1, -0.05) is 176 Å². The van der Waals surface area contributed by atoms with E-state index in [1.165, 1.54) is 53.4 Å². The van der Waals surface area contributed by atoms with Gasteiger partial charge in [0, 0.05) is 36.9 Å². The summed E-state index contributed by atoms with van der Waals surface area (Å²) in [6, 6.07) is 71.1. The van der Waals surface area contributed by atoms with Crippen LogP contribution in [0.15, 0.2) is 200 Å². The molecule has 0 fully saturated rings. The van der Waals surface area contributed by atoms with E-state index in [0.717, 1.165) is 38.4 Å². The summed E-state index contributed by atoms with van der Waals surface area (Å²) in [5.41, 5.74) is 10.1. The number of aromatic nitrogens is 3. The van der Waals surface area contributed by atoms with Gasteiger partial charge in [-0.25, -0.2) is 15.0 Å². The minimum absolute atomic E-state index is 0.644. The van der Waals surface area contributed by atoms with Gasteiger partial charge in [-0.15, -0.1) is 11.3 Å². The van der Waals surface area contributed by atoms with E-state index < -0.39 is 0 Å². The highest BCUT2D eigenvalue weighted by Crippen LogP contribution is 2.44. The molecular formula is C53H33N3S. The van der Waals surface area contributed by atoms with E-state index in [-0.39, 0.29) is 0 Å². The van der Waals surface area contributed by atoms with E-state index in [0.29, 0.717) is 17.5 Å². The van der Waals surface area contributed by atoms with Crippen molar-refractivity contribution in [2.75, 3.05) is 0 Å². The molecular weight excluding hydrogens is 711 g/mol. The molecule has 0 atom stereocenters. The molecule has 57 heavy (non-hydrogen) atoms. The molecule has 11 aromatic rings. The Morgan fingerprint density at radius 1 is 0.281 bits per heavy atom. The number of rotatable bonds is 6. The highest BCUT2D eigenvalue weighted by molar-refractivity contribution is 7.26. The molecule has 0 radical (unpaired) electrons. The molecule has 2 heterocycles. The van der Waals surface area contributed by atoms with Crippen molar-refractivity contribution in [2.45, 2.75) is 0 Å². The van der Waals surface area contributed by atoms with Crippen LogP contribution in [-0.2, 0) is 0 Å². The van der Waals surface area contributed by atoms with Crippen LogP contribution < -0.4 is 0 Å². The number of thiophene rings is 1. The van der Waals surface area contributed by atoms with Crippen molar-refractivity contribution in [2.24, 2.45) is 0 Å². The summed E-state index contributed by atoms with van der Waals surface area (Å²) in [5, 5.41) is 7.07. The fourth-order valence-electron chi connectivity index (χ4n) is 8.12. The number of hydrogen-bond acceptors (Lipinski definition) is 4. The number of fused-ring (bicyclic) bond motifs is 6. The Morgan fingerprint density at radius 2 is 0.789 bits per heavy atom. The Bertz CT molecular complexity index is 3270. The topological polar surface area (TPSA) is 38.7 Å². The first-order valence-electron chi connectivity index (χ1n) is 19.2. The molecule has 0 amide bonds. The van der Waals surface area contributed by atoms with E-state index in [1.54, 1.807) is 0 Å². The molecule has 0 aliphatic heterocycles. The predicted molar refractivity (Wildman–Crippen MR) is 240 cm³/mol. The van der Waals surface area contributed by atoms with Crippen molar-refractivity contribution >= 4 is 53.1 Å². The van der Waals surface area contributed by atoms with Crippen LogP contribution in [0.5, 0.6) is 0 Å². The summed E-state index contributed by atoms with van der Waals surface area (Å²) in [4.78, 5) is 15.7. The lowest BCUT2D eigenvalue weighted by Crippen LogP contribution is -2.01. The Balaban J connectivity index is 1.10. The molecule has 3 nitrogen and oxygen atoms in total. The quantitative estimate of drug-likeness (QED) is 0.170. The number of benzene rings is 9. The van der Waals surface area contributed by atoms with Crippen LogP contribution in [0.3, 0.4) is 0 Å². The lowest BCUT2D eigenvalue weighted by molar-refractivity contribution is 1.08. The van der Waals surface area contributed by atoms with Crippen molar-refractivity contribution < 1.29 is 0 Å². The van der Waals surface area contributed by atoms with Crippen LogP contribution in [0, 0.1) is 0 Å². The molecule has 0 aliphatic rings. The summed E-state index contributed by atoms with van der Waals surface area (Å²) in [6.45, 7) is 0. The summed E-state index contributed by atoms with van der Waals surface area (Å²) in [5.74, 6) is 1.95. The maximum Gasteiger partial charge on any atom is 0.164 e. The molecule has 9 aromatic carbocycles.